The number of aromatic nitrogens is 2. The van der Waals surface area contributed by atoms with E-state index in [0.717, 1.165) is 5.39 Å². The predicted molar refractivity (Wildman–Crippen MR) is 135 cm³/mol. The van der Waals surface area contributed by atoms with E-state index in [2.05, 4.69) is 10.1 Å². The van der Waals surface area contributed by atoms with Gasteiger partial charge in [0.05, 0.1) is 24.2 Å². The Morgan fingerprint density at radius 1 is 1.08 bits per heavy atom. The van der Waals surface area contributed by atoms with E-state index in [-0.39, 0.29) is 17.1 Å². The van der Waals surface area contributed by atoms with E-state index in [9.17, 15) is 9.59 Å². The highest BCUT2D eigenvalue weighted by Gasteiger charge is 2.17. The minimum atomic E-state index is -1.09. The van der Waals surface area contributed by atoms with Crippen LogP contribution >= 0.6 is 0 Å². The number of carboxylic acids is 1. The summed E-state index contributed by atoms with van der Waals surface area (Å²) in [5, 5.41) is 14.8. The number of carboxylic acid groups (broad SMARTS) is 1. The molecule has 9 heteroatoms. The molecule has 0 aliphatic carbocycles. The van der Waals surface area contributed by atoms with E-state index in [1.54, 1.807) is 36.4 Å². The second-order valence-corrected chi connectivity index (χ2v) is 7.97. The number of nitrogens with zero attached hydrogens (tertiary/aromatic N) is 3. The molecule has 0 saturated carbocycles. The largest absolute Gasteiger partial charge is 0.493 e. The summed E-state index contributed by atoms with van der Waals surface area (Å²) < 4.78 is 18.0. The van der Waals surface area contributed by atoms with Crippen LogP contribution in [0.2, 0.25) is 0 Å². The molecule has 3 aromatic carbocycles. The molecule has 0 bridgehead atoms. The fourth-order valence-electron chi connectivity index (χ4n) is 3.71. The Kier molecular flexibility index (Phi) is 5.95. The van der Waals surface area contributed by atoms with Gasteiger partial charge in [-0.25, -0.2) is 9.78 Å². The molecule has 0 radical (unpaired) electrons. The molecule has 2 heterocycles. The first kappa shape index (κ1) is 22.9. The van der Waals surface area contributed by atoms with Crippen LogP contribution in [0.25, 0.3) is 33.5 Å². The molecule has 0 unspecified atom stereocenters. The van der Waals surface area contributed by atoms with Crippen LogP contribution in [0.4, 0.5) is 0 Å². The van der Waals surface area contributed by atoms with E-state index in [4.69, 9.17) is 19.0 Å². The lowest BCUT2D eigenvalue weighted by atomic mass is 10.2. The zero-order valence-electron chi connectivity index (χ0n) is 19.4. The lowest BCUT2D eigenvalue weighted by molar-refractivity contribution is -0.144. The number of ether oxygens (including phenoxy) is 2. The number of furan rings is 1. The minimum Gasteiger partial charge on any atom is -0.493 e. The van der Waals surface area contributed by atoms with Crippen molar-refractivity contribution in [2.24, 2.45) is 5.10 Å². The van der Waals surface area contributed by atoms with Crippen molar-refractivity contribution < 1.29 is 23.8 Å². The first-order valence-corrected chi connectivity index (χ1v) is 11.1. The number of para-hydroxylation sites is 2. The zero-order valence-corrected chi connectivity index (χ0v) is 19.4. The molecule has 0 aliphatic heterocycles. The van der Waals surface area contributed by atoms with Gasteiger partial charge in [-0.15, -0.1) is 0 Å². The fourth-order valence-corrected chi connectivity index (χ4v) is 3.71. The summed E-state index contributed by atoms with van der Waals surface area (Å²) in [7, 11) is 1.45. The Morgan fingerprint density at radius 3 is 2.64 bits per heavy atom. The molecule has 0 spiro atoms. The molecule has 5 aromatic rings. The average molecular weight is 483 g/mol. The van der Waals surface area contributed by atoms with Crippen LogP contribution in [-0.2, 0) is 4.79 Å². The van der Waals surface area contributed by atoms with Crippen molar-refractivity contribution in [1.29, 1.82) is 0 Å². The summed E-state index contributed by atoms with van der Waals surface area (Å²) in [5.74, 6) is 0.170. The number of aliphatic carboxylic acids is 1. The highest BCUT2D eigenvalue weighted by atomic mass is 16.5. The molecule has 0 fully saturated rings. The maximum absolute atomic E-state index is 13.4. The summed E-state index contributed by atoms with van der Waals surface area (Å²) >= 11 is 0. The van der Waals surface area contributed by atoms with Crippen LogP contribution in [0.15, 0.2) is 87.1 Å². The van der Waals surface area contributed by atoms with Crippen molar-refractivity contribution in [3.8, 4) is 23.1 Å². The molecule has 1 atom stereocenters. The third-order valence-electron chi connectivity index (χ3n) is 5.56. The van der Waals surface area contributed by atoms with Gasteiger partial charge in [0.1, 0.15) is 5.58 Å². The van der Waals surface area contributed by atoms with Gasteiger partial charge in [0.15, 0.2) is 23.4 Å². The third-order valence-corrected chi connectivity index (χ3v) is 5.56. The standard InChI is InChI=1S/C27H21N3O6/c1-16(27(32)33)35-22-12-11-17(13-23(22)34-2)15-28-30-25(24-14-18-7-3-6-10-21(18)36-24)29-20-9-5-4-8-19(20)26(30)31/h3-16H,1-2H3,(H,32,33)/t16-/m1/s1. The van der Waals surface area contributed by atoms with Crippen LogP contribution in [0.3, 0.4) is 0 Å². The molecule has 1 N–H and O–H groups in total. The molecule has 5 rings (SSSR count). The van der Waals surface area contributed by atoms with Gasteiger partial charge in [-0.3, -0.25) is 4.79 Å². The summed E-state index contributed by atoms with van der Waals surface area (Å²) in [6.45, 7) is 1.43. The number of benzene rings is 3. The van der Waals surface area contributed by atoms with Crippen molar-refractivity contribution in [3.05, 3.63) is 88.7 Å². The van der Waals surface area contributed by atoms with Crippen molar-refractivity contribution in [1.82, 2.24) is 9.66 Å². The molecular formula is C27H21N3O6. The maximum Gasteiger partial charge on any atom is 0.344 e. The van der Waals surface area contributed by atoms with Gasteiger partial charge in [-0.05, 0) is 55.0 Å². The van der Waals surface area contributed by atoms with Gasteiger partial charge in [0.25, 0.3) is 5.56 Å². The Hall–Kier alpha value is -4.92. The van der Waals surface area contributed by atoms with E-state index >= 15 is 0 Å². The van der Waals surface area contributed by atoms with Crippen molar-refractivity contribution in [3.63, 3.8) is 0 Å². The number of carbonyl (C=O) groups is 1. The van der Waals surface area contributed by atoms with Crippen LogP contribution in [0.1, 0.15) is 12.5 Å². The highest BCUT2D eigenvalue weighted by molar-refractivity contribution is 5.85. The summed E-state index contributed by atoms with van der Waals surface area (Å²) in [5.41, 5.74) is 1.44. The van der Waals surface area contributed by atoms with Crippen LogP contribution in [0, 0.1) is 0 Å². The third kappa shape index (κ3) is 4.29. The second-order valence-electron chi connectivity index (χ2n) is 7.97. The molecular weight excluding hydrogens is 462 g/mol. The van der Waals surface area contributed by atoms with Gasteiger partial charge in [0, 0.05) is 5.39 Å². The van der Waals surface area contributed by atoms with E-state index in [0.29, 0.717) is 33.6 Å². The topological polar surface area (TPSA) is 116 Å². The Morgan fingerprint density at radius 2 is 1.86 bits per heavy atom. The molecule has 0 aliphatic rings. The second kappa shape index (κ2) is 9.38. The van der Waals surface area contributed by atoms with Crippen LogP contribution in [-0.4, -0.2) is 40.2 Å². The van der Waals surface area contributed by atoms with Crippen molar-refractivity contribution >= 4 is 34.1 Å². The van der Waals surface area contributed by atoms with Crippen molar-refractivity contribution in [2.75, 3.05) is 7.11 Å². The molecule has 180 valence electrons. The molecule has 0 amide bonds. The number of rotatable bonds is 7. The monoisotopic (exact) mass is 483 g/mol. The van der Waals surface area contributed by atoms with Crippen molar-refractivity contribution in [2.45, 2.75) is 13.0 Å². The smallest absolute Gasteiger partial charge is 0.344 e. The SMILES string of the molecule is COc1cc(C=Nn2c(-c3cc4ccccc4o3)nc3ccccc3c2=O)ccc1O[C@H](C)C(=O)O. The Balaban J connectivity index is 1.60. The Bertz CT molecular complexity index is 1650. The van der Waals surface area contributed by atoms with Gasteiger partial charge >= 0.3 is 5.97 Å². The summed E-state index contributed by atoms with van der Waals surface area (Å²) in [6.07, 6.45) is 0.434. The zero-order chi connectivity index (χ0) is 25.2. The van der Waals surface area contributed by atoms with Crippen LogP contribution in [0.5, 0.6) is 11.5 Å². The number of hydrogen-bond acceptors (Lipinski definition) is 7. The van der Waals surface area contributed by atoms with E-state index in [1.807, 2.05) is 36.4 Å². The van der Waals surface area contributed by atoms with Gasteiger partial charge < -0.3 is 19.0 Å². The molecule has 2 aromatic heterocycles. The molecule has 9 nitrogen and oxygen atoms in total. The van der Waals surface area contributed by atoms with Gasteiger partial charge in [-0.2, -0.15) is 9.78 Å². The fraction of sp³-hybridized carbons (Fsp3) is 0.111. The number of methoxy groups -OCH3 is 1. The summed E-state index contributed by atoms with van der Waals surface area (Å²) in [6, 6.07) is 21.3. The van der Waals surface area contributed by atoms with Gasteiger partial charge in [0.2, 0.25) is 5.82 Å². The lowest BCUT2D eigenvalue weighted by Gasteiger charge is -2.14. The minimum absolute atomic E-state index is 0.258. The maximum atomic E-state index is 13.4. The Labute approximate surface area is 204 Å². The number of hydrogen-bond donors (Lipinski definition) is 1. The number of fused-ring (bicyclic) bond motifs is 2. The van der Waals surface area contributed by atoms with E-state index < -0.39 is 12.1 Å². The van der Waals surface area contributed by atoms with Crippen LogP contribution < -0.4 is 15.0 Å². The highest BCUT2D eigenvalue weighted by Crippen LogP contribution is 2.29. The first-order chi connectivity index (χ1) is 17.4. The average Bonchev–Trinajstić information content (AvgIpc) is 3.33. The summed E-state index contributed by atoms with van der Waals surface area (Å²) in [4.78, 5) is 29.2. The van der Waals surface area contributed by atoms with Gasteiger partial charge in [-0.1, -0.05) is 30.3 Å². The first-order valence-electron chi connectivity index (χ1n) is 11.1. The molecule has 0 saturated heterocycles. The van der Waals surface area contributed by atoms with E-state index in [1.165, 1.54) is 24.9 Å². The quantitative estimate of drug-likeness (QED) is 0.338. The predicted octanol–water partition coefficient (Wildman–Crippen LogP) is 4.55. The lowest BCUT2D eigenvalue weighted by Crippen LogP contribution is -2.23. The molecule has 36 heavy (non-hydrogen) atoms. The normalized spacial score (nSPS) is 12.3.